The largest absolute Gasteiger partial charge is 0.388 e. The smallest absolute Gasteiger partial charge is 0.0815 e. The Morgan fingerprint density at radius 1 is 1.43 bits per heavy atom. The second-order valence-electron chi connectivity index (χ2n) is 3.44. The standard InChI is InChI=1S/C11H16BrNO/c1-2-8(13)7-11(14)9-5-3-4-6-10(9)12/h3-6,8,11,14H,2,7,13H2,1H3. The molecule has 0 aliphatic heterocycles. The van der Waals surface area contributed by atoms with Crippen LogP contribution in [-0.2, 0) is 0 Å². The molecule has 14 heavy (non-hydrogen) atoms. The van der Waals surface area contributed by atoms with Crippen LogP contribution in [0.15, 0.2) is 28.7 Å². The molecule has 0 fully saturated rings. The van der Waals surface area contributed by atoms with E-state index in [9.17, 15) is 5.11 Å². The number of nitrogens with two attached hydrogens (primary N) is 1. The highest BCUT2D eigenvalue weighted by Crippen LogP contribution is 2.26. The summed E-state index contributed by atoms with van der Waals surface area (Å²) in [5.41, 5.74) is 6.70. The maximum Gasteiger partial charge on any atom is 0.0815 e. The van der Waals surface area contributed by atoms with Crippen LogP contribution in [0.2, 0.25) is 0 Å². The van der Waals surface area contributed by atoms with Crippen LogP contribution < -0.4 is 5.73 Å². The third kappa shape index (κ3) is 3.08. The summed E-state index contributed by atoms with van der Waals surface area (Å²) in [5, 5.41) is 9.89. The molecule has 0 amide bonds. The molecule has 0 heterocycles. The Bertz CT molecular complexity index is 290. The summed E-state index contributed by atoms with van der Waals surface area (Å²) in [5.74, 6) is 0. The lowest BCUT2D eigenvalue weighted by atomic mass is 10.0. The average Bonchev–Trinajstić information content (AvgIpc) is 2.18. The summed E-state index contributed by atoms with van der Waals surface area (Å²) in [6.07, 6.45) is 1.03. The lowest BCUT2D eigenvalue weighted by Gasteiger charge is -2.16. The van der Waals surface area contributed by atoms with Crippen molar-refractivity contribution in [2.75, 3.05) is 0 Å². The minimum atomic E-state index is -0.472. The summed E-state index contributed by atoms with van der Waals surface area (Å²) in [7, 11) is 0. The van der Waals surface area contributed by atoms with Gasteiger partial charge in [0.25, 0.3) is 0 Å². The summed E-state index contributed by atoms with van der Waals surface area (Å²) in [4.78, 5) is 0. The monoisotopic (exact) mass is 257 g/mol. The predicted octanol–water partition coefficient (Wildman–Crippen LogP) is 2.61. The predicted molar refractivity (Wildman–Crippen MR) is 62.0 cm³/mol. The van der Waals surface area contributed by atoms with Crippen molar-refractivity contribution in [3.05, 3.63) is 34.3 Å². The summed E-state index contributed by atoms with van der Waals surface area (Å²) in [6.45, 7) is 2.03. The quantitative estimate of drug-likeness (QED) is 0.872. The zero-order valence-electron chi connectivity index (χ0n) is 8.28. The van der Waals surface area contributed by atoms with E-state index in [0.717, 1.165) is 16.5 Å². The van der Waals surface area contributed by atoms with Gasteiger partial charge in [-0.1, -0.05) is 41.1 Å². The van der Waals surface area contributed by atoms with Gasteiger partial charge in [0.2, 0.25) is 0 Å². The number of hydrogen-bond acceptors (Lipinski definition) is 2. The first kappa shape index (κ1) is 11.7. The molecule has 0 radical (unpaired) electrons. The topological polar surface area (TPSA) is 46.2 Å². The summed E-state index contributed by atoms with van der Waals surface area (Å²) in [6, 6.07) is 7.76. The van der Waals surface area contributed by atoms with E-state index >= 15 is 0 Å². The Kier molecular flexibility index (Phi) is 4.58. The molecule has 2 nitrogen and oxygen atoms in total. The van der Waals surface area contributed by atoms with E-state index < -0.39 is 6.10 Å². The van der Waals surface area contributed by atoms with Crippen molar-refractivity contribution < 1.29 is 5.11 Å². The number of halogens is 1. The first-order valence-corrected chi connectivity index (χ1v) is 5.62. The maximum absolute atomic E-state index is 9.89. The summed E-state index contributed by atoms with van der Waals surface area (Å²) < 4.78 is 0.941. The molecule has 0 aliphatic carbocycles. The van der Waals surface area contributed by atoms with Crippen molar-refractivity contribution in [2.45, 2.75) is 31.9 Å². The Balaban J connectivity index is 2.69. The van der Waals surface area contributed by atoms with Crippen LogP contribution in [0.5, 0.6) is 0 Å². The molecular weight excluding hydrogens is 242 g/mol. The van der Waals surface area contributed by atoms with E-state index in [-0.39, 0.29) is 6.04 Å². The number of hydrogen-bond donors (Lipinski definition) is 2. The molecular formula is C11H16BrNO. The van der Waals surface area contributed by atoms with Crippen LogP contribution in [0.3, 0.4) is 0 Å². The van der Waals surface area contributed by atoms with E-state index in [1.165, 1.54) is 0 Å². The van der Waals surface area contributed by atoms with Gasteiger partial charge in [-0.15, -0.1) is 0 Å². The zero-order chi connectivity index (χ0) is 10.6. The van der Waals surface area contributed by atoms with Crippen molar-refractivity contribution in [3.8, 4) is 0 Å². The van der Waals surface area contributed by atoms with Crippen molar-refractivity contribution in [2.24, 2.45) is 5.73 Å². The Hall–Kier alpha value is -0.380. The fourth-order valence-electron chi connectivity index (χ4n) is 1.33. The molecule has 2 unspecified atom stereocenters. The van der Waals surface area contributed by atoms with Crippen LogP contribution in [0, 0.1) is 0 Å². The first-order chi connectivity index (χ1) is 6.65. The number of aliphatic hydroxyl groups is 1. The van der Waals surface area contributed by atoms with Crippen LogP contribution >= 0.6 is 15.9 Å². The zero-order valence-corrected chi connectivity index (χ0v) is 9.87. The summed E-state index contributed by atoms with van der Waals surface area (Å²) >= 11 is 3.41. The van der Waals surface area contributed by atoms with E-state index in [1.54, 1.807) is 0 Å². The van der Waals surface area contributed by atoms with Gasteiger partial charge in [-0.3, -0.25) is 0 Å². The molecule has 1 aromatic carbocycles. The molecule has 0 spiro atoms. The van der Waals surface area contributed by atoms with Gasteiger partial charge in [-0.2, -0.15) is 0 Å². The minimum absolute atomic E-state index is 0.0668. The van der Waals surface area contributed by atoms with Gasteiger partial charge in [0.1, 0.15) is 0 Å². The van der Waals surface area contributed by atoms with Crippen LogP contribution in [0.4, 0.5) is 0 Å². The second-order valence-corrected chi connectivity index (χ2v) is 4.30. The number of rotatable bonds is 4. The Labute approximate surface area is 93.3 Å². The molecule has 2 atom stereocenters. The molecule has 0 bridgehead atoms. The third-order valence-corrected chi connectivity index (χ3v) is 3.04. The maximum atomic E-state index is 9.89. The van der Waals surface area contributed by atoms with Gasteiger partial charge >= 0.3 is 0 Å². The van der Waals surface area contributed by atoms with Crippen LogP contribution in [0.25, 0.3) is 0 Å². The average molecular weight is 258 g/mol. The van der Waals surface area contributed by atoms with Gasteiger partial charge in [0, 0.05) is 10.5 Å². The molecule has 1 rings (SSSR count). The van der Waals surface area contributed by atoms with Gasteiger partial charge < -0.3 is 10.8 Å². The first-order valence-electron chi connectivity index (χ1n) is 4.83. The Morgan fingerprint density at radius 3 is 2.64 bits per heavy atom. The lowest BCUT2D eigenvalue weighted by Crippen LogP contribution is -2.21. The van der Waals surface area contributed by atoms with Crippen molar-refractivity contribution in [1.82, 2.24) is 0 Å². The van der Waals surface area contributed by atoms with Crippen molar-refractivity contribution >= 4 is 15.9 Å². The van der Waals surface area contributed by atoms with E-state index in [2.05, 4.69) is 15.9 Å². The molecule has 0 aliphatic rings. The van der Waals surface area contributed by atoms with Gasteiger partial charge in [0.15, 0.2) is 0 Å². The van der Waals surface area contributed by atoms with Gasteiger partial charge in [-0.05, 0) is 24.5 Å². The number of aliphatic hydroxyl groups excluding tert-OH is 1. The normalized spacial score (nSPS) is 15.1. The molecule has 3 N–H and O–H groups in total. The fourth-order valence-corrected chi connectivity index (χ4v) is 1.87. The minimum Gasteiger partial charge on any atom is -0.388 e. The SMILES string of the molecule is CCC(N)CC(O)c1ccccc1Br. The van der Waals surface area contributed by atoms with Crippen molar-refractivity contribution in [1.29, 1.82) is 0 Å². The van der Waals surface area contributed by atoms with Gasteiger partial charge in [-0.25, -0.2) is 0 Å². The highest BCUT2D eigenvalue weighted by atomic mass is 79.9. The highest BCUT2D eigenvalue weighted by Gasteiger charge is 2.13. The van der Waals surface area contributed by atoms with Crippen molar-refractivity contribution in [3.63, 3.8) is 0 Å². The molecule has 1 aromatic rings. The molecule has 0 saturated carbocycles. The van der Waals surface area contributed by atoms with Gasteiger partial charge in [0.05, 0.1) is 6.10 Å². The molecule has 0 saturated heterocycles. The van der Waals surface area contributed by atoms with Crippen LogP contribution in [-0.4, -0.2) is 11.1 Å². The molecule has 0 aromatic heterocycles. The molecule has 3 heteroatoms. The highest BCUT2D eigenvalue weighted by molar-refractivity contribution is 9.10. The third-order valence-electron chi connectivity index (χ3n) is 2.31. The lowest BCUT2D eigenvalue weighted by molar-refractivity contribution is 0.156. The Morgan fingerprint density at radius 2 is 2.07 bits per heavy atom. The fraction of sp³-hybridized carbons (Fsp3) is 0.455. The van der Waals surface area contributed by atoms with E-state index in [0.29, 0.717) is 6.42 Å². The molecule has 78 valence electrons. The number of benzene rings is 1. The van der Waals surface area contributed by atoms with Crippen LogP contribution in [0.1, 0.15) is 31.4 Å². The van der Waals surface area contributed by atoms with E-state index in [1.807, 2.05) is 31.2 Å². The second kappa shape index (κ2) is 5.49. The van der Waals surface area contributed by atoms with E-state index in [4.69, 9.17) is 5.73 Å².